The Hall–Kier alpha value is -1.14. The predicted octanol–water partition coefficient (Wildman–Crippen LogP) is 6.32. The molecule has 0 aromatic heterocycles. The quantitative estimate of drug-likeness (QED) is 0.204. The fourth-order valence-corrected chi connectivity index (χ4v) is 2.94. The molecule has 0 rings (SSSR count). The van der Waals surface area contributed by atoms with E-state index in [0.29, 0.717) is 12.8 Å². The average molecular weight is 417 g/mol. The van der Waals surface area contributed by atoms with E-state index in [1.807, 2.05) is 34.6 Å². The number of carbonyl (C=O) groups is 2. The highest BCUT2D eigenvalue weighted by Crippen LogP contribution is 2.22. The molecule has 0 heterocycles. The van der Waals surface area contributed by atoms with Gasteiger partial charge in [-0.05, 0) is 59.3 Å². The normalized spacial score (nSPS) is 14.9. The maximum atomic E-state index is 12.2. The molecule has 29 heavy (non-hydrogen) atoms. The van der Waals surface area contributed by atoms with Gasteiger partial charge in [-0.3, -0.25) is 9.78 Å². The van der Waals surface area contributed by atoms with Crippen LogP contribution in [0.4, 0.5) is 0 Å². The van der Waals surface area contributed by atoms with Gasteiger partial charge < -0.3 is 0 Å². The zero-order valence-corrected chi connectivity index (χ0v) is 19.8. The van der Waals surface area contributed by atoms with Crippen molar-refractivity contribution in [3.05, 3.63) is 0 Å². The van der Waals surface area contributed by atoms with Crippen molar-refractivity contribution in [2.24, 2.45) is 11.8 Å². The summed E-state index contributed by atoms with van der Waals surface area (Å²) in [5.74, 6) is -0.827. The van der Waals surface area contributed by atoms with E-state index in [4.69, 9.17) is 19.6 Å². The lowest BCUT2D eigenvalue weighted by atomic mass is 10.00. The van der Waals surface area contributed by atoms with Crippen LogP contribution >= 0.6 is 0 Å². The minimum atomic E-state index is -0.645. The number of hydrogen-bond donors (Lipinski definition) is 0. The van der Waals surface area contributed by atoms with Gasteiger partial charge >= 0.3 is 11.9 Å². The highest BCUT2D eigenvalue weighted by molar-refractivity contribution is 5.72. The molecule has 0 aliphatic carbocycles. The van der Waals surface area contributed by atoms with Crippen molar-refractivity contribution in [2.45, 2.75) is 124 Å². The molecule has 0 saturated carbocycles. The van der Waals surface area contributed by atoms with Gasteiger partial charge in [0.1, 0.15) is 11.7 Å². The van der Waals surface area contributed by atoms with Crippen LogP contribution in [0.15, 0.2) is 0 Å². The molecule has 0 aromatic rings. The summed E-state index contributed by atoms with van der Waals surface area (Å²) in [7, 11) is 0. The van der Waals surface area contributed by atoms with Crippen LogP contribution in [-0.2, 0) is 29.1 Å². The van der Waals surface area contributed by atoms with Crippen molar-refractivity contribution in [3.63, 3.8) is 0 Å². The monoisotopic (exact) mass is 416 g/mol. The van der Waals surface area contributed by atoms with E-state index >= 15 is 0 Å². The maximum absolute atomic E-state index is 12.2. The summed E-state index contributed by atoms with van der Waals surface area (Å²) in [5.41, 5.74) is -0.645. The van der Waals surface area contributed by atoms with Crippen molar-refractivity contribution in [1.82, 2.24) is 0 Å². The molecule has 6 nitrogen and oxygen atoms in total. The summed E-state index contributed by atoms with van der Waals surface area (Å²) in [6.07, 6.45) is 8.19. The number of unbranched alkanes of at least 4 members (excludes halogenated alkanes) is 2. The van der Waals surface area contributed by atoms with Gasteiger partial charge in [0.25, 0.3) is 0 Å². The van der Waals surface area contributed by atoms with Gasteiger partial charge in [0.05, 0.1) is 11.8 Å². The molecule has 0 radical (unpaired) electrons. The zero-order valence-electron chi connectivity index (χ0n) is 19.8. The fraction of sp³-hybridized carbons (Fsp3) is 0.913. The van der Waals surface area contributed by atoms with Gasteiger partial charge in [0.2, 0.25) is 0 Å². The van der Waals surface area contributed by atoms with E-state index in [9.17, 15) is 9.59 Å². The maximum Gasteiger partial charge on any atom is 0.345 e. The van der Waals surface area contributed by atoms with Crippen LogP contribution < -0.4 is 0 Å². The molecule has 3 atom stereocenters. The van der Waals surface area contributed by atoms with Crippen molar-refractivity contribution >= 4 is 11.9 Å². The smallest absolute Gasteiger partial charge is 0.298 e. The summed E-state index contributed by atoms with van der Waals surface area (Å²) in [6, 6.07) is 0. The van der Waals surface area contributed by atoms with E-state index < -0.39 is 5.60 Å². The first-order valence-electron chi connectivity index (χ1n) is 11.5. The summed E-state index contributed by atoms with van der Waals surface area (Å²) < 4.78 is 0. The van der Waals surface area contributed by atoms with E-state index in [1.165, 1.54) is 0 Å². The minimum Gasteiger partial charge on any atom is -0.298 e. The van der Waals surface area contributed by atoms with Crippen LogP contribution in [0.5, 0.6) is 0 Å². The lowest BCUT2D eigenvalue weighted by Gasteiger charge is -2.25. The zero-order chi connectivity index (χ0) is 22.3. The fourth-order valence-electron chi connectivity index (χ4n) is 2.94. The van der Waals surface area contributed by atoms with E-state index in [2.05, 4.69) is 13.8 Å². The average Bonchev–Trinajstić information content (AvgIpc) is 2.70. The van der Waals surface area contributed by atoms with E-state index in [-0.39, 0.29) is 29.9 Å². The van der Waals surface area contributed by atoms with Gasteiger partial charge in [-0.15, -0.1) is 0 Å². The summed E-state index contributed by atoms with van der Waals surface area (Å²) >= 11 is 0. The highest BCUT2D eigenvalue weighted by Gasteiger charge is 2.27. The molecular formula is C23H44O6. The molecular weight excluding hydrogens is 372 g/mol. The predicted molar refractivity (Wildman–Crippen MR) is 114 cm³/mol. The second-order valence-electron chi connectivity index (χ2n) is 8.59. The second kappa shape index (κ2) is 15.7. The molecule has 172 valence electrons. The second-order valence-corrected chi connectivity index (χ2v) is 8.59. The lowest BCUT2D eigenvalue weighted by molar-refractivity contribution is -0.333. The van der Waals surface area contributed by atoms with Gasteiger partial charge in [-0.1, -0.05) is 53.4 Å². The van der Waals surface area contributed by atoms with E-state index in [0.717, 1.165) is 51.4 Å². The van der Waals surface area contributed by atoms with Crippen LogP contribution in [0.2, 0.25) is 0 Å². The van der Waals surface area contributed by atoms with Crippen LogP contribution in [0, 0.1) is 11.8 Å². The molecule has 3 unspecified atom stereocenters. The first-order chi connectivity index (χ1) is 13.7. The summed E-state index contributed by atoms with van der Waals surface area (Å²) in [4.78, 5) is 45.1. The molecule has 0 aliphatic rings. The lowest BCUT2D eigenvalue weighted by Crippen LogP contribution is -2.30. The first-order valence-corrected chi connectivity index (χ1v) is 11.5. The Morgan fingerprint density at radius 2 is 1.28 bits per heavy atom. The molecule has 0 aliphatic heterocycles. The van der Waals surface area contributed by atoms with Gasteiger partial charge in [0, 0.05) is 0 Å². The van der Waals surface area contributed by atoms with Crippen molar-refractivity contribution < 1.29 is 29.1 Å². The number of rotatable bonds is 17. The Kier molecular flexibility index (Phi) is 15.1. The Morgan fingerprint density at radius 3 is 1.72 bits per heavy atom. The topological polar surface area (TPSA) is 71.1 Å². The molecule has 0 fully saturated rings. The molecule has 0 amide bonds. The standard InChI is InChI=1S/C23H44O6/c1-8-12-14-19(10-3)21(24)27-26-18(5)16-17-23(6,7)29-28-22(25)20(11-4)15-13-9-2/h18-20H,8-17H2,1-7H3. The number of hydrogen-bond acceptors (Lipinski definition) is 6. The number of carbonyl (C=O) groups excluding carboxylic acids is 2. The van der Waals surface area contributed by atoms with Gasteiger partial charge in [-0.2, -0.15) is 9.78 Å². The Bertz CT molecular complexity index is 449. The molecule has 0 aromatic carbocycles. The summed E-state index contributed by atoms with van der Waals surface area (Å²) in [5, 5.41) is 0. The Morgan fingerprint density at radius 1 is 0.793 bits per heavy atom. The van der Waals surface area contributed by atoms with Crippen LogP contribution in [-0.4, -0.2) is 23.6 Å². The third-order valence-electron chi connectivity index (χ3n) is 5.26. The van der Waals surface area contributed by atoms with Crippen LogP contribution in [0.3, 0.4) is 0 Å². The first kappa shape index (κ1) is 27.9. The van der Waals surface area contributed by atoms with Crippen LogP contribution in [0.1, 0.15) is 113 Å². The van der Waals surface area contributed by atoms with Crippen molar-refractivity contribution in [1.29, 1.82) is 0 Å². The van der Waals surface area contributed by atoms with Crippen molar-refractivity contribution in [3.8, 4) is 0 Å². The van der Waals surface area contributed by atoms with Gasteiger partial charge in [-0.25, -0.2) is 9.59 Å². The molecule has 0 N–H and O–H groups in total. The third-order valence-corrected chi connectivity index (χ3v) is 5.26. The van der Waals surface area contributed by atoms with Crippen LogP contribution in [0.25, 0.3) is 0 Å². The molecule has 0 saturated heterocycles. The molecule has 0 bridgehead atoms. The highest BCUT2D eigenvalue weighted by atomic mass is 17.2. The molecule has 0 spiro atoms. The summed E-state index contributed by atoms with van der Waals surface area (Å²) in [6.45, 7) is 13.8. The SMILES string of the molecule is CCCCC(CC)C(=O)OOC(C)CCC(C)(C)OOC(=O)C(CC)CCCC. The van der Waals surface area contributed by atoms with Crippen molar-refractivity contribution in [2.75, 3.05) is 0 Å². The Labute approximate surface area is 177 Å². The minimum absolute atomic E-state index is 0.111. The molecule has 6 heteroatoms. The van der Waals surface area contributed by atoms with Gasteiger partial charge in [0.15, 0.2) is 0 Å². The largest absolute Gasteiger partial charge is 0.345 e. The third kappa shape index (κ3) is 12.9. The Balaban J connectivity index is 4.26. The van der Waals surface area contributed by atoms with E-state index in [1.54, 1.807) is 0 Å².